The first-order valence-electron chi connectivity index (χ1n) is 23.2. The van der Waals surface area contributed by atoms with Gasteiger partial charge in [-0.1, -0.05) is 0 Å². The number of nitrogens with one attached hydrogen (secondary N) is 3. The number of sulfonamides is 1. The van der Waals surface area contributed by atoms with E-state index in [9.17, 15) is 49.5 Å². The summed E-state index contributed by atoms with van der Waals surface area (Å²) in [6, 6.07) is 14.1. The Morgan fingerprint density at radius 2 is 0.938 bits per heavy atom. The van der Waals surface area contributed by atoms with Crippen LogP contribution in [0.2, 0.25) is 0 Å². The summed E-state index contributed by atoms with van der Waals surface area (Å²) in [7, 11) is 4.47. The molecule has 0 fully saturated rings. The third kappa shape index (κ3) is 13.7. The normalized spacial score (nSPS) is 11.4. The Kier molecular flexibility index (Phi) is 17.5. The fraction of sp³-hybridized carbons (Fsp3) is 0.240. The molecule has 0 saturated heterocycles. The standard InChI is InChI=1S/C26H26F3N7O6S.C24H21F3N6O5/c1-6-43(38,39)35-23(37)19-8-15(12-30-24(19)42-5)20-13-31-25(32-16-9-17(40-3)11-18(10-16)41-4)33-22(20)36-14(2)7-21(34-36)26(27,28)29;1-12-5-19(24(25,26)27)32-33(12)20-18(13-6-17(22(34)35)21(38-4)28-10-13)11-29-23(31-20)30-14-7-15(36-2)9-16(8-14)37-3/h7-13H,6H2,1-5H3,(H,35,37)(H,31,32,33);5-11H,1-4H3,(H,34,35)(H,29,30,31). The molecular weight excluding hydrogens is 1100 g/mol. The summed E-state index contributed by atoms with van der Waals surface area (Å²) in [5.74, 6) is -1.29. The summed E-state index contributed by atoms with van der Waals surface area (Å²) in [5, 5.41) is 22.9. The molecule has 0 aliphatic carbocycles. The van der Waals surface area contributed by atoms with Gasteiger partial charge in [0.25, 0.3) is 5.91 Å². The number of ether oxygens (including phenoxy) is 6. The van der Waals surface area contributed by atoms with Gasteiger partial charge in [0.05, 0.1) is 48.4 Å². The lowest BCUT2D eigenvalue weighted by molar-refractivity contribution is -0.142. The molecule has 0 aliphatic rings. The highest BCUT2D eigenvalue weighted by Crippen LogP contribution is 2.37. The van der Waals surface area contributed by atoms with E-state index in [0.717, 1.165) is 21.5 Å². The molecule has 6 aromatic heterocycles. The van der Waals surface area contributed by atoms with Gasteiger partial charge in [-0.2, -0.15) is 46.5 Å². The number of nitrogens with zero attached hydrogens (tertiary/aromatic N) is 10. The van der Waals surface area contributed by atoms with Crippen LogP contribution < -0.4 is 43.8 Å². The van der Waals surface area contributed by atoms with E-state index in [1.54, 1.807) is 36.4 Å². The molecule has 0 saturated carbocycles. The fourth-order valence-electron chi connectivity index (χ4n) is 7.38. The number of aromatic carboxylic acids is 1. The molecule has 0 spiro atoms. The van der Waals surface area contributed by atoms with Gasteiger partial charge >= 0.3 is 18.3 Å². The highest BCUT2D eigenvalue weighted by molar-refractivity contribution is 7.90. The van der Waals surface area contributed by atoms with E-state index in [1.165, 1.54) is 100 Å². The topological polar surface area (TPSA) is 293 Å². The molecule has 2 aromatic carbocycles. The smallest absolute Gasteiger partial charge is 0.435 e. The number of carbonyl (C=O) groups excluding carboxylic acids is 1. The molecule has 1 amide bonds. The van der Waals surface area contributed by atoms with E-state index in [4.69, 9.17) is 28.4 Å². The Morgan fingerprint density at radius 3 is 1.27 bits per heavy atom. The van der Waals surface area contributed by atoms with Crippen LogP contribution in [-0.4, -0.2) is 123 Å². The van der Waals surface area contributed by atoms with E-state index in [0.29, 0.717) is 34.4 Å². The number of methoxy groups -OCH3 is 6. The summed E-state index contributed by atoms with van der Waals surface area (Å²) < 4.78 is 140. The molecule has 8 aromatic rings. The summed E-state index contributed by atoms with van der Waals surface area (Å²) >= 11 is 0. The molecule has 0 atom stereocenters. The number of benzene rings is 2. The number of carboxylic acids is 1. The first-order valence-corrected chi connectivity index (χ1v) is 24.9. The number of pyridine rings is 2. The van der Waals surface area contributed by atoms with Crippen LogP contribution in [0.1, 0.15) is 50.4 Å². The molecule has 0 aliphatic heterocycles. The molecule has 0 radical (unpaired) electrons. The van der Waals surface area contributed by atoms with Gasteiger partial charge in [-0.25, -0.2) is 47.2 Å². The first kappa shape index (κ1) is 58.9. The van der Waals surface area contributed by atoms with Gasteiger partial charge in [0.15, 0.2) is 23.0 Å². The number of aromatic nitrogens is 10. The van der Waals surface area contributed by atoms with Crippen molar-refractivity contribution in [3.63, 3.8) is 0 Å². The molecule has 426 valence electrons. The lowest BCUT2D eigenvalue weighted by atomic mass is 10.1. The first-order chi connectivity index (χ1) is 38.3. The molecule has 6 heterocycles. The number of rotatable bonds is 18. The lowest BCUT2D eigenvalue weighted by Gasteiger charge is -2.15. The summed E-state index contributed by atoms with van der Waals surface area (Å²) in [6.07, 6.45) is -4.23. The molecule has 0 unspecified atom stereocenters. The van der Waals surface area contributed by atoms with Crippen molar-refractivity contribution in [1.82, 2.24) is 54.2 Å². The van der Waals surface area contributed by atoms with Crippen LogP contribution in [0.15, 0.2) is 85.5 Å². The summed E-state index contributed by atoms with van der Waals surface area (Å²) in [5.41, 5.74) is -0.947. The van der Waals surface area contributed by atoms with Crippen LogP contribution in [0.25, 0.3) is 33.9 Å². The molecule has 31 heteroatoms. The number of hydrogen-bond donors (Lipinski definition) is 4. The van der Waals surface area contributed by atoms with Gasteiger partial charge in [-0.05, 0) is 45.0 Å². The maximum Gasteiger partial charge on any atom is 0.435 e. The summed E-state index contributed by atoms with van der Waals surface area (Å²) in [6.45, 7) is 4.20. The van der Waals surface area contributed by atoms with E-state index >= 15 is 0 Å². The Labute approximate surface area is 456 Å². The van der Waals surface area contributed by atoms with E-state index in [1.807, 2.05) is 4.72 Å². The Balaban J connectivity index is 0.000000235. The number of aryl methyl sites for hydroxylation is 2. The van der Waals surface area contributed by atoms with Crippen LogP contribution >= 0.6 is 0 Å². The molecule has 4 N–H and O–H groups in total. The second kappa shape index (κ2) is 24.1. The maximum atomic E-state index is 13.6. The average molecular weight is 1150 g/mol. The molecular formula is C50H47F6N13O11S. The van der Waals surface area contributed by atoms with Gasteiger partial charge < -0.3 is 44.2 Å². The second-order valence-corrected chi connectivity index (χ2v) is 18.7. The van der Waals surface area contributed by atoms with Crippen LogP contribution in [0.3, 0.4) is 0 Å². The quantitative estimate of drug-likeness (QED) is 0.0586. The predicted molar refractivity (Wildman–Crippen MR) is 277 cm³/mol. The van der Waals surface area contributed by atoms with Gasteiger partial charge in [-0.3, -0.25) is 4.79 Å². The fourth-order valence-corrected chi connectivity index (χ4v) is 7.91. The Morgan fingerprint density at radius 1 is 0.556 bits per heavy atom. The Bertz CT molecular complexity index is 3720. The zero-order valence-corrected chi connectivity index (χ0v) is 44.8. The third-order valence-corrected chi connectivity index (χ3v) is 12.6. The number of anilines is 4. The van der Waals surface area contributed by atoms with E-state index in [-0.39, 0.29) is 85.8 Å². The van der Waals surface area contributed by atoms with Crippen molar-refractivity contribution in [2.75, 3.05) is 59.0 Å². The number of amides is 1. The summed E-state index contributed by atoms with van der Waals surface area (Å²) in [4.78, 5) is 50.1. The number of hydrogen-bond acceptors (Lipinski definition) is 20. The third-order valence-electron chi connectivity index (χ3n) is 11.3. The van der Waals surface area contributed by atoms with Gasteiger partial charge in [0.1, 0.15) is 34.1 Å². The Hall–Kier alpha value is -9.81. The monoisotopic (exact) mass is 1150 g/mol. The van der Waals surface area contributed by atoms with Crippen LogP contribution in [0.5, 0.6) is 34.8 Å². The lowest BCUT2D eigenvalue weighted by Crippen LogP contribution is -2.32. The number of carbonyl (C=O) groups is 2. The SMILES string of the molecule is CCS(=O)(=O)NC(=O)c1cc(-c2cnc(Nc3cc(OC)cc(OC)c3)nc2-n2nc(C(F)(F)F)cc2C)cnc1OC.COc1cc(Nc2ncc(-c3cnc(OC)c(C(=O)O)c3)c(-n3nc(C(F)(F)F)cc3C)n2)cc(OC)c1. The van der Waals surface area contributed by atoms with Crippen molar-refractivity contribution in [1.29, 1.82) is 0 Å². The van der Waals surface area contributed by atoms with Gasteiger partial charge in [0, 0.05) is 106 Å². The largest absolute Gasteiger partial charge is 0.497 e. The van der Waals surface area contributed by atoms with Crippen LogP contribution in [0.4, 0.5) is 49.6 Å². The molecule has 0 bridgehead atoms. The zero-order valence-electron chi connectivity index (χ0n) is 44.0. The van der Waals surface area contributed by atoms with Crippen molar-refractivity contribution in [3.8, 4) is 68.6 Å². The van der Waals surface area contributed by atoms with Crippen LogP contribution in [0, 0.1) is 13.8 Å². The van der Waals surface area contributed by atoms with Crippen molar-refractivity contribution in [2.45, 2.75) is 33.1 Å². The second-order valence-electron chi connectivity index (χ2n) is 16.7. The van der Waals surface area contributed by atoms with E-state index < -0.39 is 45.6 Å². The van der Waals surface area contributed by atoms with Gasteiger partial charge in [-0.15, -0.1) is 0 Å². The van der Waals surface area contributed by atoms with Crippen LogP contribution in [-0.2, 0) is 22.4 Å². The number of alkyl halides is 6. The molecule has 8 rings (SSSR count). The molecule has 81 heavy (non-hydrogen) atoms. The average Bonchev–Trinajstić information content (AvgIpc) is 4.13. The minimum atomic E-state index is -4.74. The van der Waals surface area contributed by atoms with Crippen molar-refractivity contribution >= 4 is 45.2 Å². The van der Waals surface area contributed by atoms with Crippen molar-refractivity contribution in [3.05, 3.63) is 119 Å². The molecule has 24 nitrogen and oxygen atoms in total. The highest BCUT2D eigenvalue weighted by atomic mass is 32.2. The number of carboxylic acid groups (broad SMARTS) is 1. The zero-order chi connectivity index (χ0) is 59.1. The van der Waals surface area contributed by atoms with Crippen molar-refractivity contribution in [2.24, 2.45) is 0 Å². The minimum absolute atomic E-state index is 0.0162. The van der Waals surface area contributed by atoms with Crippen molar-refractivity contribution < 1.29 is 77.9 Å². The minimum Gasteiger partial charge on any atom is -0.497 e. The van der Waals surface area contributed by atoms with E-state index in [2.05, 4.69) is 50.7 Å². The maximum absolute atomic E-state index is 13.6. The van der Waals surface area contributed by atoms with Gasteiger partial charge in [0.2, 0.25) is 33.7 Å². The highest BCUT2D eigenvalue weighted by Gasteiger charge is 2.36. The predicted octanol–water partition coefficient (Wildman–Crippen LogP) is 8.42. The number of halogens is 6.